The van der Waals surface area contributed by atoms with Crippen molar-refractivity contribution in [2.24, 2.45) is 16.1 Å². The van der Waals surface area contributed by atoms with Crippen LogP contribution in [0.2, 0.25) is 0 Å². The number of aromatic nitrogens is 2. The zero-order chi connectivity index (χ0) is 21.6. The van der Waals surface area contributed by atoms with Gasteiger partial charge >= 0.3 is 0 Å². The van der Waals surface area contributed by atoms with Crippen molar-refractivity contribution in [3.8, 4) is 11.4 Å². The fourth-order valence-corrected chi connectivity index (χ4v) is 3.95. The van der Waals surface area contributed by atoms with Crippen LogP contribution in [0.4, 0.5) is 0 Å². The first-order chi connectivity index (χ1) is 15.1. The van der Waals surface area contributed by atoms with Crippen molar-refractivity contribution >= 4 is 35.6 Å². The molecule has 1 atom stereocenters. The number of azo groups is 1. The number of nitrogens with zero attached hydrogens (tertiary/aromatic N) is 4. The van der Waals surface area contributed by atoms with Crippen molar-refractivity contribution in [3.05, 3.63) is 57.9 Å². The van der Waals surface area contributed by atoms with Crippen LogP contribution in [-0.2, 0) is 16.0 Å². The van der Waals surface area contributed by atoms with E-state index in [-0.39, 0.29) is 36.6 Å². The van der Waals surface area contributed by atoms with Gasteiger partial charge in [0.15, 0.2) is 5.82 Å². The Labute approximate surface area is 195 Å². The number of amides is 2. The molecule has 4 rings (SSSR count). The number of nitrogens with one attached hydrogen (secondary N) is 2. The third-order valence-electron chi connectivity index (χ3n) is 4.92. The molecule has 3 heterocycles. The van der Waals surface area contributed by atoms with E-state index in [2.05, 4.69) is 31.0 Å². The van der Waals surface area contributed by atoms with Crippen molar-refractivity contribution in [3.63, 3.8) is 0 Å². The van der Waals surface area contributed by atoms with E-state index in [1.807, 2.05) is 42.7 Å². The molecule has 0 bridgehead atoms. The second-order valence-electron chi connectivity index (χ2n) is 7.10. The minimum Gasteiger partial charge on any atom is -0.368 e. The van der Waals surface area contributed by atoms with Gasteiger partial charge in [-0.2, -0.15) is 4.98 Å². The Morgan fingerprint density at radius 3 is 2.94 bits per heavy atom. The molecule has 32 heavy (non-hydrogen) atoms. The largest absolute Gasteiger partial charge is 0.368 e. The fourth-order valence-electron chi connectivity index (χ4n) is 3.25. The molecule has 0 aromatic carbocycles. The van der Waals surface area contributed by atoms with E-state index < -0.39 is 0 Å². The molecule has 0 spiro atoms. The van der Waals surface area contributed by atoms with Crippen molar-refractivity contribution in [2.45, 2.75) is 26.2 Å². The van der Waals surface area contributed by atoms with Gasteiger partial charge in [0.1, 0.15) is 0 Å². The minimum absolute atomic E-state index is 0. The molecule has 2 amide bonds. The van der Waals surface area contributed by atoms with E-state index in [0.29, 0.717) is 43.5 Å². The lowest BCUT2D eigenvalue weighted by Gasteiger charge is -2.20. The van der Waals surface area contributed by atoms with Crippen LogP contribution in [0.25, 0.3) is 11.4 Å². The van der Waals surface area contributed by atoms with Gasteiger partial charge in [-0.15, -0.1) is 34.0 Å². The number of hydrogen-bond acceptors (Lipinski definition) is 8. The molecule has 0 radical (unpaired) electrons. The number of thiophene rings is 1. The molecule has 2 N–H and O–H groups in total. The maximum Gasteiger partial charge on any atom is 0.276 e. The summed E-state index contributed by atoms with van der Waals surface area (Å²) in [4.78, 5) is 29.4. The third-order valence-corrected chi connectivity index (χ3v) is 5.76. The smallest absolute Gasteiger partial charge is 0.276 e. The maximum absolute atomic E-state index is 12.1. The number of carbonyl (C=O) groups is 2. The average molecular weight is 475 g/mol. The summed E-state index contributed by atoms with van der Waals surface area (Å²) in [7, 11) is 0. The van der Waals surface area contributed by atoms with Crippen LogP contribution in [0.5, 0.6) is 0 Å². The number of carbonyl (C=O) groups excluding carboxylic acids is 2. The Kier molecular flexibility index (Phi) is 8.07. The Morgan fingerprint density at radius 1 is 1.25 bits per heavy atom. The number of hydrogen-bond donors (Lipinski definition) is 2. The predicted octanol–water partition coefficient (Wildman–Crippen LogP) is 3.50. The Hall–Kier alpha value is -3.11. The summed E-state index contributed by atoms with van der Waals surface area (Å²) in [5.41, 5.74) is 1.78. The second-order valence-corrected chi connectivity index (χ2v) is 8.22. The molecule has 2 aromatic rings. The summed E-state index contributed by atoms with van der Waals surface area (Å²) in [5.74, 6) is 0.919. The van der Waals surface area contributed by atoms with Gasteiger partial charge in [-0.25, -0.2) is 0 Å². The Morgan fingerprint density at radius 2 is 2.12 bits per heavy atom. The van der Waals surface area contributed by atoms with Gasteiger partial charge in [-0.3, -0.25) is 9.59 Å². The van der Waals surface area contributed by atoms with E-state index in [4.69, 9.17) is 4.52 Å². The van der Waals surface area contributed by atoms with E-state index >= 15 is 0 Å². The SMILES string of the molecule is Cc1sccc1-c1noc(CCC(=O)NCCCNC2=C3C=CC=CC3C(=O)N=N2)n1.Cl. The topological polar surface area (TPSA) is 122 Å². The number of halogens is 1. The zero-order valence-electron chi connectivity index (χ0n) is 17.4. The highest BCUT2D eigenvalue weighted by molar-refractivity contribution is 7.10. The van der Waals surface area contributed by atoms with Gasteiger partial charge in [0, 0.05) is 41.9 Å². The van der Waals surface area contributed by atoms with Crippen LogP contribution < -0.4 is 10.6 Å². The van der Waals surface area contributed by atoms with Crippen LogP contribution in [-0.4, -0.2) is 35.0 Å². The molecule has 9 nitrogen and oxygen atoms in total. The van der Waals surface area contributed by atoms with Crippen LogP contribution in [0.15, 0.2) is 61.9 Å². The molecule has 168 valence electrons. The fraction of sp³-hybridized carbons (Fsp3) is 0.333. The van der Waals surface area contributed by atoms with Crippen molar-refractivity contribution < 1.29 is 14.1 Å². The van der Waals surface area contributed by atoms with Gasteiger partial charge in [0.25, 0.3) is 5.91 Å². The molecule has 11 heteroatoms. The summed E-state index contributed by atoms with van der Waals surface area (Å²) >= 11 is 1.63. The highest BCUT2D eigenvalue weighted by atomic mass is 35.5. The molecule has 1 aliphatic heterocycles. The van der Waals surface area contributed by atoms with E-state index in [1.54, 1.807) is 11.3 Å². The Balaban J connectivity index is 0.00000289. The van der Waals surface area contributed by atoms with Gasteiger partial charge in [0.2, 0.25) is 17.6 Å². The Bertz CT molecular complexity index is 1100. The van der Waals surface area contributed by atoms with E-state index in [1.165, 1.54) is 0 Å². The lowest BCUT2D eigenvalue weighted by atomic mass is 9.93. The summed E-state index contributed by atoms with van der Waals surface area (Å²) in [6.07, 6.45) is 8.76. The van der Waals surface area contributed by atoms with E-state index in [9.17, 15) is 9.59 Å². The van der Waals surface area contributed by atoms with E-state index in [0.717, 1.165) is 16.0 Å². The second kappa shape index (κ2) is 11.0. The first-order valence-electron chi connectivity index (χ1n) is 10.0. The average Bonchev–Trinajstić information content (AvgIpc) is 3.42. The van der Waals surface area contributed by atoms with Gasteiger partial charge in [0.05, 0.1) is 5.92 Å². The normalized spacial score (nSPS) is 16.7. The summed E-state index contributed by atoms with van der Waals surface area (Å²) in [6.45, 7) is 3.13. The molecule has 2 aliphatic rings. The number of allylic oxidation sites excluding steroid dienone is 3. The van der Waals surface area contributed by atoms with Crippen LogP contribution in [0, 0.1) is 12.8 Å². The lowest BCUT2D eigenvalue weighted by Crippen LogP contribution is -2.28. The molecule has 0 fully saturated rings. The van der Waals surface area contributed by atoms with Crippen molar-refractivity contribution in [1.82, 2.24) is 20.8 Å². The standard InChI is InChI=1S/C21H22N6O3S.ClH/c1-13-14(9-12-31-13)20-24-18(30-27-20)8-7-17(28)22-10-4-11-23-19-15-5-2-3-6-16(15)21(29)26-25-19;/h2-3,5-6,9,12,16,23H,4,7-8,10-11H2,1H3,(H,22,28);1H. The summed E-state index contributed by atoms with van der Waals surface area (Å²) in [6, 6.07) is 1.96. The highest BCUT2D eigenvalue weighted by Gasteiger charge is 2.26. The lowest BCUT2D eigenvalue weighted by molar-refractivity contribution is -0.121. The van der Waals surface area contributed by atoms with Crippen LogP contribution in [0.1, 0.15) is 23.6 Å². The number of aryl methyl sites for hydroxylation is 2. The summed E-state index contributed by atoms with van der Waals surface area (Å²) in [5, 5.41) is 19.7. The number of rotatable bonds is 9. The monoisotopic (exact) mass is 474 g/mol. The van der Waals surface area contributed by atoms with Gasteiger partial charge in [-0.05, 0) is 24.8 Å². The van der Waals surface area contributed by atoms with Crippen LogP contribution >= 0.6 is 23.7 Å². The summed E-state index contributed by atoms with van der Waals surface area (Å²) < 4.78 is 5.25. The molecule has 0 saturated heterocycles. The molecule has 0 saturated carbocycles. The first-order valence-corrected chi connectivity index (χ1v) is 10.9. The zero-order valence-corrected chi connectivity index (χ0v) is 19.0. The van der Waals surface area contributed by atoms with Crippen molar-refractivity contribution in [1.29, 1.82) is 0 Å². The maximum atomic E-state index is 12.1. The third kappa shape index (κ3) is 5.57. The molecule has 1 aliphatic carbocycles. The molecular formula is C21H23ClN6O3S. The molecule has 1 unspecified atom stereocenters. The molecule has 2 aromatic heterocycles. The quantitative estimate of drug-likeness (QED) is 0.536. The highest BCUT2D eigenvalue weighted by Crippen LogP contribution is 2.27. The minimum atomic E-state index is -0.362. The predicted molar refractivity (Wildman–Crippen MR) is 122 cm³/mol. The number of fused-ring (bicyclic) bond motifs is 1. The van der Waals surface area contributed by atoms with Crippen LogP contribution in [0.3, 0.4) is 0 Å². The van der Waals surface area contributed by atoms with Gasteiger partial charge < -0.3 is 15.2 Å². The first kappa shape index (κ1) is 23.6. The van der Waals surface area contributed by atoms with Gasteiger partial charge in [-0.1, -0.05) is 29.5 Å². The molecular weight excluding hydrogens is 452 g/mol. The van der Waals surface area contributed by atoms with Crippen molar-refractivity contribution in [2.75, 3.05) is 13.1 Å².